The molecule has 1 unspecified atom stereocenters. The van der Waals surface area contributed by atoms with E-state index < -0.39 is 47.5 Å². The number of hydrogen-bond acceptors (Lipinski definition) is 3. The van der Waals surface area contributed by atoms with Gasteiger partial charge < -0.3 is 10.6 Å². The minimum Gasteiger partial charge on any atom is -0.346 e. The van der Waals surface area contributed by atoms with Crippen molar-refractivity contribution in [2.45, 2.75) is 19.5 Å². The summed E-state index contributed by atoms with van der Waals surface area (Å²) in [6.07, 6.45) is 0. The van der Waals surface area contributed by atoms with Crippen LogP contribution in [0.4, 0.5) is 18.9 Å². The molecule has 5 nitrogen and oxygen atoms in total. The summed E-state index contributed by atoms with van der Waals surface area (Å²) in [6, 6.07) is 10.7. The normalized spacial score (nSPS) is 11.9. The van der Waals surface area contributed by atoms with Gasteiger partial charge in [-0.15, -0.1) is 0 Å². The summed E-state index contributed by atoms with van der Waals surface area (Å²) in [5.74, 6) is -5.67. The Kier molecular flexibility index (Phi) is 6.95. The minimum absolute atomic E-state index is 0.394. The van der Waals surface area contributed by atoms with Crippen LogP contribution in [0.3, 0.4) is 0 Å². The van der Waals surface area contributed by atoms with Crippen LogP contribution in [0, 0.1) is 17.5 Å². The molecule has 0 aliphatic heterocycles. The van der Waals surface area contributed by atoms with Gasteiger partial charge in [-0.2, -0.15) is 0 Å². The van der Waals surface area contributed by atoms with Crippen LogP contribution in [0.5, 0.6) is 0 Å². The Bertz CT molecular complexity index is 815. The Balaban J connectivity index is 1.85. The standard InChI is InChI=1S/C19H20F3N3O2/c1-12(25(2)11-13-6-4-3-5-7-13)19(27)23-10-16(26)24-15-9-8-14(20)17(21)18(15)22/h3-9,12H,10-11H2,1-2H3,(H,23,27)(H,24,26). The van der Waals surface area contributed by atoms with Gasteiger partial charge in [0.25, 0.3) is 0 Å². The molecule has 0 bridgehead atoms. The lowest BCUT2D eigenvalue weighted by molar-refractivity contribution is -0.127. The second kappa shape index (κ2) is 9.18. The van der Waals surface area contributed by atoms with Crippen molar-refractivity contribution in [1.29, 1.82) is 0 Å². The first-order chi connectivity index (χ1) is 12.8. The van der Waals surface area contributed by atoms with Crippen LogP contribution in [0.25, 0.3) is 0 Å². The molecule has 2 N–H and O–H groups in total. The molecule has 0 fully saturated rings. The van der Waals surface area contributed by atoms with Gasteiger partial charge in [0.2, 0.25) is 11.8 Å². The molecular weight excluding hydrogens is 359 g/mol. The molecule has 0 aliphatic rings. The zero-order chi connectivity index (χ0) is 20.0. The van der Waals surface area contributed by atoms with Crippen molar-refractivity contribution >= 4 is 17.5 Å². The number of carbonyl (C=O) groups is 2. The topological polar surface area (TPSA) is 61.4 Å². The van der Waals surface area contributed by atoms with Crippen molar-refractivity contribution in [3.63, 3.8) is 0 Å². The van der Waals surface area contributed by atoms with Crippen molar-refractivity contribution in [3.05, 3.63) is 65.5 Å². The summed E-state index contributed by atoms with van der Waals surface area (Å²) in [7, 11) is 1.77. The van der Waals surface area contributed by atoms with E-state index in [9.17, 15) is 22.8 Å². The van der Waals surface area contributed by atoms with E-state index in [2.05, 4.69) is 10.6 Å². The van der Waals surface area contributed by atoms with Crippen molar-refractivity contribution in [3.8, 4) is 0 Å². The SMILES string of the molecule is CC(C(=O)NCC(=O)Nc1ccc(F)c(F)c1F)N(C)Cc1ccccc1. The van der Waals surface area contributed by atoms with Crippen molar-refractivity contribution in [1.82, 2.24) is 10.2 Å². The lowest BCUT2D eigenvalue weighted by atomic mass is 10.2. The van der Waals surface area contributed by atoms with Gasteiger partial charge in [0, 0.05) is 6.54 Å². The van der Waals surface area contributed by atoms with Crippen molar-refractivity contribution in [2.24, 2.45) is 0 Å². The molecule has 8 heteroatoms. The summed E-state index contributed by atoms with van der Waals surface area (Å²) >= 11 is 0. The first kappa shape index (κ1) is 20.4. The fourth-order valence-corrected chi connectivity index (χ4v) is 2.34. The fraction of sp³-hybridized carbons (Fsp3) is 0.263. The monoisotopic (exact) mass is 379 g/mol. The Hall–Kier alpha value is -2.87. The smallest absolute Gasteiger partial charge is 0.243 e. The van der Waals surface area contributed by atoms with E-state index >= 15 is 0 Å². The number of nitrogens with one attached hydrogen (secondary N) is 2. The van der Waals surface area contributed by atoms with E-state index in [4.69, 9.17) is 0 Å². The highest BCUT2D eigenvalue weighted by Gasteiger charge is 2.20. The van der Waals surface area contributed by atoms with Crippen molar-refractivity contribution < 1.29 is 22.8 Å². The van der Waals surface area contributed by atoms with E-state index in [0.29, 0.717) is 12.6 Å². The third-order valence-corrected chi connectivity index (χ3v) is 4.05. The van der Waals surface area contributed by atoms with Crippen molar-refractivity contribution in [2.75, 3.05) is 18.9 Å². The van der Waals surface area contributed by atoms with Crippen LogP contribution in [0.1, 0.15) is 12.5 Å². The number of halogens is 3. The van der Waals surface area contributed by atoms with Crippen LogP contribution in [0.15, 0.2) is 42.5 Å². The third-order valence-electron chi connectivity index (χ3n) is 4.05. The molecule has 144 valence electrons. The molecule has 0 saturated carbocycles. The molecule has 0 radical (unpaired) electrons. The number of hydrogen-bond donors (Lipinski definition) is 2. The second-order valence-electron chi connectivity index (χ2n) is 6.07. The first-order valence-electron chi connectivity index (χ1n) is 8.24. The number of nitrogens with zero attached hydrogens (tertiary/aromatic N) is 1. The Morgan fingerprint density at radius 1 is 1.04 bits per heavy atom. The average molecular weight is 379 g/mol. The summed E-state index contributed by atoms with van der Waals surface area (Å²) in [5, 5.41) is 4.52. The van der Waals surface area contributed by atoms with E-state index in [0.717, 1.165) is 11.6 Å². The Morgan fingerprint density at radius 3 is 2.37 bits per heavy atom. The Morgan fingerprint density at radius 2 is 1.70 bits per heavy atom. The number of benzene rings is 2. The predicted molar refractivity (Wildman–Crippen MR) is 95.3 cm³/mol. The van der Waals surface area contributed by atoms with Crippen LogP contribution >= 0.6 is 0 Å². The number of rotatable bonds is 7. The number of amides is 2. The van der Waals surface area contributed by atoms with Crippen LogP contribution in [0.2, 0.25) is 0 Å². The number of anilines is 1. The lowest BCUT2D eigenvalue weighted by Gasteiger charge is -2.23. The maximum absolute atomic E-state index is 13.5. The van der Waals surface area contributed by atoms with Crippen LogP contribution in [-0.4, -0.2) is 36.3 Å². The van der Waals surface area contributed by atoms with Crippen LogP contribution < -0.4 is 10.6 Å². The molecule has 0 aliphatic carbocycles. The maximum atomic E-state index is 13.5. The largest absolute Gasteiger partial charge is 0.346 e. The molecule has 2 rings (SSSR count). The predicted octanol–water partition coefficient (Wildman–Crippen LogP) is 2.68. The van der Waals surface area contributed by atoms with E-state index in [1.165, 1.54) is 0 Å². The fourth-order valence-electron chi connectivity index (χ4n) is 2.34. The van der Waals surface area contributed by atoms with Gasteiger partial charge in [-0.3, -0.25) is 14.5 Å². The van der Waals surface area contributed by atoms with Gasteiger partial charge in [0.1, 0.15) is 0 Å². The van der Waals surface area contributed by atoms with Gasteiger partial charge in [0.05, 0.1) is 18.3 Å². The maximum Gasteiger partial charge on any atom is 0.243 e. The van der Waals surface area contributed by atoms with Gasteiger partial charge >= 0.3 is 0 Å². The van der Waals surface area contributed by atoms with Gasteiger partial charge in [0.15, 0.2) is 17.5 Å². The van der Waals surface area contributed by atoms with Crippen LogP contribution in [-0.2, 0) is 16.1 Å². The summed E-state index contributed by atoms with van der Waals surface area (Å²) in [4.78, 5) is 25.8. The molecule has 2 aromatic carbocycles. The lowest BCUT2D eigenvalue weighted by Crippen LogP contribution is -2.45. The molecule has 2 amide bonds. The van der Waals surface area contributed by atoms with Gasteiger partial charge in [-0.25, -0.2) is 13.2 Å². The molecule has 0 aromatic heterocycles. The highest BCUT2D eigenvalue weighted by Crippen LogP contribution is 2.19. The first-order valence-corrected chi connectivity index (χ1v) is 8.24. The molecule has 1 atom stereocenters. The number of carbonyl (C=O) groups excluding carboxylic acids is 2. The zero-order valence-electron chi connectivity index (χ0n) is 14.9. The summed E-state index contributed by atoms with van der Waals surface area (Å²) < 4.78 is 39.6. The molecule has 27 heavy (non-hydrogen) atoms. The molecule has 0 heterocycles. The highest BCUT2D eigenvalue weighted by atomic mass is 19.2. The molecule has 0 saturated heterocycles. The molecular formula is C19H20F3N3O2. The average Bonchev–Trinajstić information content (AvgIpc) is 2.66. The number of likely N-dealkylation sites (N-methyl/N-ethyl adjacent to an activating group) is 1. The molecule has 0 spiro atoms. The Labute approximate surface area is 155 Å². The second-order valence-corrected chi connectivity index (χ2v) is 6.07. The van der Waals surface area contributed by atoms with Gasteiger partial charge in [-0.05, 0) is 31.7 Å². The van der Waals surface area contributed by atoms with E-state index in [-0.39, 0.29) is 0 Å². The van der Waals surface area contributed by atoms with E-state index in [1.807, 2.05) is 30.3 Å². The summed E-state index contributed by atoms with van der Waals surface area (Å²) in [5.41, 5.74) is 0.536. The quantitative estimate of drug-likeness (QED) is 0.728. The molecule has 2 aromatic rings. The van der Waals surface area contributed by atoms with E-state index in [1.54, 1.807) is 18.9 Å². The van der Waals surface area contributed by atoms with Gasteiger partial charge in [-0.1, -0.05) is 30.3 Å². The minimum atomic E-state index is -1.67. The zero-order valence-corrected chi connectivity index (χ0v) is 14.9. The summed E-state index contributed by atoms with van der Waals surface area (Å²) in [6.45, 7) is 1.80. The third kappa shape index (κ3) is 5.55. The highest BCUT2D eigenvalue weighted by molar-refractivity contribution is 5.95.